The fourth-order valence-electron chi connectivity index (χ4n) is 2.06. The number of hydrogen-bond acceptors (Lipinski definition) is 4. The van der Waals surface area contributed by atoms with E-state index in [0.29, 0.717) is 29.8 Å². The quantitative estimate of drug-likeness (QED) is 0.332. The fraction of sp³-hybridized carbons (Fsp3) is 0.562. The molecule has 0 heterocycles. The van der Waals surface area contributed by atoms with Gasteiger partial charge in [-0.05, 0) is 24.6 Å². The van der Waals surface area contributed by atoms with Crippen LogP contribution in [0.4, 0.5) is 13.2 Å². The summed E-state index contributed by atoms with van der Waals surface area (Å²) in [6.07, 6.45) is -5.14. The Bertz CT molecular complexity index is 559. The molecule has 1 aromatic rings. The van der Waals surface area contributed by atoms with Gasteiger partial charge in [-0.25, -0.2) is 4.99 Å². The number of rotatable bonds is 8. The topological polar surface area (TPSA) is 64.1 Å². The van der Waals surface area contributed by atoms with Crippen molar-refractivity contribution in [2.75, 3.05) is 34.4 Å². The maximum absolute atomic E-state index is 12.2. The number of ether oxygens (including phenoxy) is 3. The molecule has 1 aromatic carbocycles. The largest absolute Gasteiger partial charge is 0.493 e. The van der Waals surface area contributed by atoms with Crippen LogP contribution in [0.2, 0.25) is 0 Å². The minimum Gasteiger partial charge on any atom is -0.493 e. The second-order valence-corrected chi connectivity index (χ2v) is 5.02. The van der Waals surface area contributed by atoms with Gasteiger partial charge in [0.25, 0.3) is 0 Å². The van der Waals surface area contributed by atoms with E-state index in [9.17, 15) is 13.2 Å². The molecule has 0 bridgehead atoms. The van der Waals surface area contributed by atoms with Crippen molar-refractivity contribution in [1.82, 2.24) is 10.6 Å². The van der Waals surface area contributed by atoms with Gasteiger partial charge in [-0.1, -0.05) is 0 Å². The summed E-state index contributed by atoms with van der Waals surface area (Å²) in [6, 6.07) is 3.48. The summed E-state index contributed by atoms with van der Waals surface area (Å²) in [6.45, 7) is 2.36. The van der Waals surface area contributed by atoms with Gasteiger partial charge >= 0.3 is 6.18 Å². The highest BCUT2D eigenvalue weighted by Gasteiger charge is 2.26. The summed E-state index contributed by atoms with van der Waals surface area (Å²) in [7, 11) is 4.52. The zero-order chi connectivity index (χ0) is 18.9. The second kappa shape index (κ2) is 11.9. The standard InChI is InChI=1S/C16H24F3N3O3.HI/c1-5-20-15(21-7-6-16(17,18)19)22-10-11-8-12(23-2)14(25-4)13(9-11)24-3;/h8-9H,5-7,10H2,1-4H3,(H2,20,21,22);1H. The van der Waals surface area contributed by atoms with E-state index in [4.69, 9.17) is 14.2 Å². The predicted molar refractivity (Wildman–Crippen MR) is 105 cm³/mol. The zero-order valence-electron chi connectivity index (χ0n) is 15.2. The van der Waals surface area contributed by atoms with Crippen molar-refractivity contribution in [1.29, 1.82) is 0 Å². The van der Waals surface area contributed by atoms with Crippen molar-refractivity contribution in [2.45, 2.75) is 26.1 Å². The molecule has 0 aliphatic heterocycles. The SMILES string of the molecule is CCNC(=NCc1cc(OC)c(OC)c(OC)c1)NCCC(F)(F)F.I. The van der Waals surface area contributed by atoms with Gasteiger partial charge in [0.2, 0.25) is 5.75 Å². The van der Waals surface area contributed by atoms with E-state index >= 15 is 0 Å². The molecule has 0 amide bonds. The first-order valence-corrected chi connectivity index (χ1v) is 7.72. The van der Waals surface area contributed by atoms with Gasteiger partial charge in [-0.3, -0.25) is 0 Å². The van der Waals surface area contributed by atoms with E-state index in [0.717, 1.165) is 5.56 Å². The van der Waals surface area contributed by atoms with E-state index in [1.165, 1.54) is 21.3 Å². The third-order valence-electron chi connectivity index (χ3n) is 3.19. The van der Waals surface area contributed by atoms with Crippen molar-refractivity contribution in [3.63, 3.8) is 0 Å². The number of nitrogens with one attached hydrogen (secondary N) is 2. The van der Waals surface area contributed by atoms with Crippen molar-refractivity contribution >= 4 is 29.9 Å². The van der Waals surface area contributed by atoms with Crippen LogP contribution >= 0.6 is 24.0 Å². The van der Waals surface area contributed by atoms with Gasteiger partial charge in [0, 0.05) is 13.1 Å². The van der Waals surface area contributed by atoms with E-state index in [-0.39, 0.29) is 37.1 Å². The van der Waals surface area contributed by atoms with Crippen LogP contribution in [0.25, 0.3) is 0 Å². The maximum Gasteiger partial charge on any atom is 0.390 e. The van der Waals surface area contributed by atoms with Crippen LogP contribution in [0.5, 0.6) is 17.2 Å². The highest BCUT2D eigenvalue weighted by atomic mass is 127. The molecule has 0 saturated carbocycles. The monoisotopic (exact) mass is 491 g/mol. The first-order valence-electron chi connectivity index (χ1n) is 7.72. The summed E-state index contributed by atoms with van der Waals surface area (Å²) in [5, 5.41) is 5.56. The number of benzene rings is 1. The highest BCUT2D eigenvalue weighted by Crippen LogP contribution is 2.38. The van der Waals surface area contributed by atoms with Crippen LogP contribution < -0.4 is 24.8 Å². The summed E-state index contributed by atoms with van der Waals surface area (Å²) in [5.41, 5.74) is 0.766. The van der Waals surface area contributed by atoms with Gasteiger partial charge in [0.15, 0.2) is 17.5 Å². The first kappa shape index (κ1) is 24.4. The molecule has 0 radical (unpaired) electrons. The van der Waals surface area contributed by atoms with E-state index in [2.05, 4.69) is 15.6 Å². The van der Waals surface area contributed by atoms with E-state index in [1.807, 2.05) is 6.92 Å². The minimum absolute atomic E-state index is 0. The van der Waals surface area contributed by atoms with E-state index in [1.54, 1.807) is 12.1 Å². The summed E-state index contributed by atoms with van der Waals surface area (Å²) >= 11 is 0. The number of halogens is 4. The molecule has 0 spiro atoms. The highest BCUT2D eigenvalue weighted by molar-refractivity contribution is 14.0. The molecule has 1 rings (SSSR count). The average Bonchev–Trinajstić information content (AvgIpc) is 2.57. The molecule has 2 N–H and O–H groups in total. The molecule has 10 heteroatoms. The third-order valence-corrected chi connectivity index (χ3v) is 3.19. The van der Waals surface area contributed by atoms with Crippen LogP contribution in [0.1, 0.15) is 18.9 Å². The molecule has 0 aromatic heterocycles. The fourth-order valence-corrected chi connectivity index (χ4v) is 2.06. The van der Waals surface area contributed by atoms with Gasteiger partial charge in [-0.15, -0.1) is 24.0 Å². The maximum atomic E-state index is 12.2. The van der Waals surface area contributed by atoms with E-state index < -0.39 is 12.6 Å². The molecule has 150 valence electrons. The Hall–Kier alpha value is -1.59. The molecule has 0 aliphatic rings. The Morgan fingerprint density at radius 3 is 2.04 bits per heavy atom. The third kappa shape index (κ3) is 8.19. The predicted octanol–water partition coefficient (Wildman–Crippen LogP) is 3.34. The molecule has 0 aliphatic carbocycles. The lowest BCUT2D eigenvalue weighted by Gasteiger charge is -2.14. The van der Waals surface area contributed by atoms with Crippen molar-refractivity contribution in [2.24, 2.45) is 4.99 Å². The lowest BCUT2D eigenvalue weighted by molar-refractivity contribution is -0.132. The molecule has 26 heavy (non-hydrogen) atoms. The number of guanidine groups is 1. The Kier molecular flexibility index (Phi) is 11.2. The van der Waals surface area contributed by atoms with Crippen molar-refractivity contribution in [3.8, 4) is 17.2 Å². The minimum atomic E-state index is -4.21. The summed E-state index contributed by atoms with van der Waals surface area (Å²) < 4.78 is 52.5. The van der Waals surface area contributed by atoms with Crippen LogP contribution in [0.3, 0.4) is 0 Å². The number of hydrogen-bond donors (Lipinski definition) is 2. The van der Waals surface area contributed by atoms with Crippen LogP contribution in [0.15, 0.2) is 17.1 Å². The second-order valence-electron chi connectivity index (χ2n) is 5.02. The molecule has 0 fully saturated rings. The van der Waals surface area contributed by atoms with Crippen LogP contribution in [-0.2, 0) is 6.54 Å². The lowest BCUT2D eigenvalue weighted by Crippen LogP contribution is -2.38. The smallest absolute Gasteiger partial charge is 0.390 e. The normalized spacial score (nSPS) is 11.4. The molecule has 0 atom stereocenters. The molecule has 0 saturated heterocycles. The van der Waals surface area contributed by atoms with Crippen LogP contribution in [0, 0.1) is 0 Å². The van der Waals surface area contributed by atoms with Gasteiger partial charge in [0.05, 0.1) is 34.3 Å². The molecular formula is C16H25F3IN3O3. The Morgan fingerprint density at radius 1 is 1.04 bits per heavy atom. The Labute approximate surface area is 168 Å². The summed E-state index contributed by atoms with van der Waals surface area (Å²) in [4.78, 5) is 4.28. The Balaban J connectivity index is 0.00000625. The Morgan fingerprint density at radius 2 is 1.62 bits per heavy atom. The van der Waals surface area contributed by atoms with Gasteiger partial charge in [0.1, 0.15) is 0 Å². The van der Waals surface area contributed by atoms with Crippen LogP contribution in [-0.4, -0.2) is 46.6 Å². The summed E-state index contributed by atoms with van der Waals surface area (Å²) in [5.74, 6) is 1.75. The zero-order valence-corrected chi connectivity index (χ0v) is 17.5. The van der Waals surface area contributed by atoms with Gasteiger partial charge in [-0.2, -0.15) is 13.2 Å². The van der Waals surface area contributed by atoms with Crippen molar-refractivity contribution < 1.29 is 27.4 Å². The first-order chi connectivity index (χ1) is 11.8. The molecule has 0 unspecified atom stereocenters. The number of nitrogens with zero attached hydrogens (tertiary/aromatic N) is 1. The number of alkyl halides is 3. The molecular weight excluding hydrogens is 466 g/mol. The number of methoxy groups -OCH3 is 3. The average molecular weight is 491 g/mol. The number of aliphatic imine (C=N–C) groups is 1. The van der Waals surface area contributed by atoms with Crippen molar-refractivity contribution in [3.05, 3.63) is 17.7 Å². The lowest BCUT2D eigenvalue weighted by atomic mass is 10.2. The molecule has 6 nitrogen and oxygen atoms in total. The van der Waals surface area contributed by atoms with Gasteiger partial charge < -0.3 is 24.8 Å².